The summed E-state index contributed by atoms with van der Waals surface area (Å²) in [7, 11) is 4.50. The summed E-state index contributed by atoms with van der Waals surface area (Å²) >= 11 is 7.19. The van der Waals surface area contributed by atoms with Gasteiger partial charge in [0.05, 0.1) is 26.4 Å². The minimum Gasteiger partial charge on any atom is -0.497 e. The lowest BCUT2D eigenvalue weighted by molar-refractivity contribution is 0.101. The molecular weight excluding hydrogens is 430 g/mol. The van der Waals surface area contributed by atoms with Gasteiger partial charge in [0.1, 0.15) is 22.9 Å². The van der Waals surface area contributed by atoms with Crippen LogP contribution in [0.4, 0.5) is 10.8 Å². The number of ether oxygens (including phenoxy) is 3. The van der Waals surface area contributed by atoms with Gasteiger partial charge in [0.2, 0.25) is 0 Å². The van der Waals surface area contributed by atoms with Gasteiger partial charge in [-0.05, 0) is 30.3 Å². The predicted octanol–water partition coefficient (Wildman–Crippen LogP) is 4.33. The van der Waals surface area contributed by atoms with Gasteiger partial charge >= 0.3 is 0 Å². The number of nitrogens with zero attached hydrogens (tertiary/aromatic N) is 1. The molecule has 0 fully saturated rings. The van der Waals surface area contributed by atoms with Gasteiger partial charge in [-0.2, -0.15) is 0 Å². The van der Waals surface area contributed by atoms with E-state index in [1.165, 1.54) is 21.3 Å². The van der Waals surface area contributed by atoms with Crippen molar-refractivity contribution < 1.29 is 23.8 Å². The molecular formula is C20H18ClN3O5S. The van der Waals surface area contributed by atoms with E-state index < -0.39 is 11.8 Å². The Kier molecular flexibility index (Phi) is 6.76. The zero-order valence-corrected chi connectivity index (χ0v) is 17.9. The summed E-state index contributed by atoms with van der Waals surface area (Å²) in [4.78, 5) is 29.1. The van der Waals surface area contributed by atoms with Crippen molar-refractivity contribution in [2.45, 2.75) is 0 Å². The Hall–Kier alpha value is -3.30. The van der Waals surface area contributed by atoms with Gasteiger partial charge in [-0.15, -0.1) is 11.3 Å². The summed E-state index contributed by atoms with van der Waals surface area (Å²) < 4.78 is 15.4. The van der Waals surface area contributed by atoms with Gasteiger partial charge < -0.3 is 19.5 Å². The highest BCUT2D eigenvalue weighted by atomic mass is 35.5. The largest absolute Gasteiger partial charge is 0.497 e. The molecule has 10 heteroatoms. The second-order valence-corrected chi connectivity index (χ2v) is 7.16. The average molecular weight is 448 g/mol. The van der Waals surface area contributed by atoms with E-state index in [0.29, 0.717) is 33.5 Å². The highest BCUT2D eigenvalue weighted by molar-refractivity contribution is 7.14. The van der Waals surface area contributed by atoms with Gasteiger partial charge in [0.25, 0.3) is 11.8 Å². The number of hydrogen-bond donors (Lipinski definition) is 2. The van der Waals surface area contributed by atoms with Gasteiger partial charge in [-0.3, -0.25) is 14.9 Å². The summed E-state index contributed by atoms with van der Waals surface area (Å²) in [6, 6.07) is 9.69. The minimum atomic E-state index is -0.434. The topological polar surface area (TPSA) is 98.8 Å². The van der Waals surface area contributed by atoms with Gasteiger partial charge in [0.15, 0.2) is 5.13 Å². The molecule has 1 heterocycles. The highest BCUT2D eigenvalue weighted by Crippen LogP contribution is 2.28. The van der Waals surface area contributed by atoms with Crippen molar-refractivity contribution in [2.75, 3.05) is 32.0 Å². The first-order chi connectivity index (χ1) is 14.4. The van der Waals surface area contributed by atoms with Crippen LogP contribution in [-0.2, 0) is 0 Å². The van der Waals surface area contributed by atoms with Crippen LogP contribution in [0.2, 0.25) is 5.02 Å². The number of methoxy groups -OCH3 is 3. The van der Waals surface area contributed by atoms with E-state index in [9.17, 15) is 9.59 Å². The molecule has 3 aromatic rings. The first kappa shape index (κ1) is 21.4. The second kappa shape index (κ2) is 9.47. The van der Waals surface area contributed by atoms with E-state index in [1.54, 1.807) is 41.8 Å². The van der Waals surface area contributed by atoms with Gasteiger partial charge in [-0.1, -0.05) is 11.6 Å². The third kappa shape index (κ3) is 5.00. The Bertz CT molecular complexity index is 1060. The third-order valence-electron chi connectivity index (χ3n) is 3.98. The Morgan fingerprint density at radius 1 is 0.933 bits per heavy atom. The van der Waals surface area contributed by atoms with Crippen LogP contribution in [0.15, 0.2) is 41.8 Å². The van der Waals surface area contributed by atoms with Crippen molar-refractivity contribution >= 4 is 45.6 Å². The molecule has 0 radical (unpaired) electrons. The van der Waals surface area contributed by atoms with Crippen LogP contribution in [0.1, 0.15) is 20.8 Å². The lowest BCUT2D eigenvalue weighted by Crippen LogP contribution is -2.14. The molecule has 1 aromatic heterocycles. The Labute approximate surface area is 181 Å². The number of thiazole rings is 1. The fraction of sp³-hybridized carbons (Fsp3) is 0.150. The first-order valence-electron chi connectivity index (χ1n) is 8.58. The molecule has 156 valence electrons. The molecule has 2 N–H and O–H groups in total. The fourth-order valence-electron chi connectivity index (χ4n) is 2.48. The summed E-state index contributed by atoms with van der Waals surface area (Å²) in [5.74, 6) is 0.627. The van der Waals surface area contributed by atoms with Crippen LogP contribution in [0.5, 0.6) is 17.2 Å². The Balaban J connectivity index is 1.69. The maximum Gasteiger partial charge on any atom is 0.275 e. The predicted molar refractivity (Wildman–Crippen MR) is 116 cm³/mol. The molecule has 2 aromatic carbocycles. The van der Waals surface area contributed by atoms with Gasteiger partial charge in [0, 0.05) is 22.7 Å². The summed E-state index contributed by atoms with van der Waals surface area (Å²) in [6.45, 7) is 0. The maximum atomic E-state index is 12.5. The smallest absolute Gasteiger partial charge is 0.275 e. The molecule has 0 unspecified atom stereocenters. The zero-order valence-electron chi connectivity index (χ0n) is 16.3. The van der Waals surface area contributed by atoms with Crippen molar-refractivity contribution in [1.82, 2.24) is 4.98 Å². The highest BCUT2D eigenvalue weighted by Gasteiger charge is 2.15. The molecule has 2 amide bonds. The second-order valence-electron chi connectivity index (χ2n) is 5.90. The van der Waals surface area contributed by atoms with Crippen molar-refractivity contribution in [1.29, 1.82) is 0 Å². The lowest BCUT2D eigenvalue weighted by atomic mass is 10.2. The molecule has 0 saturated heterocycles. The molecule has 0 aliphatic carbocycles. The summed E-state index contributed by atoms with van der Waals surface area (Å²) in [5, 5.41) is 7.55. The molecule has 3 rings (SSSR count). The van der Waals surface area contributed by atoms with E-state index >= 15 is 0 Å². The number of aromatic nitrogens is 1. The molecule has 0 aliphatic heterocycles. The Morgan fingerprint density at radius 2 is 1.63 bits per heavy atom. The lowest BCUT2D eigenvalue weighted by Gasteiger charge is -2.08. The Morgan fingerprint density at radius 3 is 2.23 bits per heavy atom. The quantitative estimate of drug-likeness (QED) is 0.559. The fourth-order valence-corrected chi connectivity index (χ4v) is 3.43. The molecule has 0 bridgehead atoms. The van der Waals surface area contributed by atoms with Gasteiger partial charge in [-0.25, -0.2) is 4.98 Å². The number of nitrogens with one attached hydrogen (secondary N) is 2. The SMILES string of the molecule is COc1cc(OC)cc(C(=O)Nc2nc(C(=O)Nc3ccc(OC)c(Cl)c3)cs2)c1. The van der Waals surface area contributed by atoms with Crippen molar-refractivity contribution in [3.63, 3.8) is 0 Å². The number of carbonyl (C=O) groups is 2. The number of hydrogen-bond acceptors (Lipinski definition) is 7. The number of amides is 2. The van der Waals surface area contributed by atoms with Crippen molar-refractivity contribution in [3.05, 3.63) is 58.1 Å². The molecule has 0 aliphatic rings. The number of rotatable bonds is 7. The van der Waals surface area contributed by atoms with E-state index in [2.05, 4.69) is 15.6 Å². The van der Waals surface area contributed by atoms with E-state index in [4.69, 9.17) is 25.8 Å². The van der Waals surface area contributed by atoms with Crippen LogP contribution in [0.25, 0.3) is 0 Å². The van der Waals surface area contributed by atoms with E-state index in [-0.39, 0.29) is 10.8 Å². The molecule has 0 atom stereocenters. The van der Waals surface area contributed by atoms with Crippen LogP contribution in [0, 0.1) is 0 Å². The monoisotopic (exact) mass is 447 g/mol. The number of halogens is 1. The average Bonchev–Trinajstić information content (AvgIpc) is 3.22. The van der Waals surface area contributed by atoms with Crippen molar-refractivity contribution in [3.8, 4) is 17.2 Å². The first-order valence-corrected chi connectivity index (χ1v) is 9.84. The molecule has 8 nitrogen and oxygen atoms in total. The normalized spacial score (nSPS) is 10.3. The van der Waals surface area contributed by atoms with E-state index in [0.717, 1.165) is 11.3 Å². The number of benzene rings is 2. The van der Waals surface area contributed by atoms with Crippen LogP contribution in [0.3, 0.4) is 0 Å². The number of anilines is 2. The molecule has 0 spiro atoms. The molecule has 0 saturated carbocycles. The van der Waals surface area contributed by atoms with Crippen LogP contribution >= 0.6 is 22.9 Å². The third-order valence-corrected chi connectivity index (χ3v) is 5.03. The number of carbonyl (C=O) groups excluding carboxylic acids is 2. The van der Waals surface area contributed by atoms with Crippen LogP contribution in [-0.4, -0.2) is 38.1 Å². The minimum absolute atomic E-state index is 0.158. The standard InChI is InChI=1S/C20H18ClN3O5S/c1-27-13-6-11(7-14(9-13)28-2)18(25)24-20-23-16(10-30-20)19(26)22-12-4-5-17(29-3)15(21)8-12/h4-10H,1-3H3,(H,22,26)(H,23,24,25). The van der Waals surface area contributed by atoms with Crippen molar-refractivity contribution in [2.24, 2.45) is 0 Å². The summed E-state index contributed by atoms with van der Waals surface area (Å²) in [6.07, 6.45) is 0. The zero-order chi connectivity index (χ0) is 21.7. The molecule has 30 heavy (non-hydrogen) atoms. The van der Waals surface area contributed by atoms with Crippen LogP contribution < -0.4 is 24.8 Å². The maximum absolute atomic E-state index is 12.5. The van der Waals surface area contributed by atoms with E-state index in [1.807, 2.05) is 0 Å². The summed E-state index contributed by atoms with van der Waals surface area (Å²) in [5.41, 5.74) is 0.985.